The molecule has 0 radical (unpaired) electrons. The highest BCUT2D eigenvalue weighted by atomic mass is 31.2. The summed E-state index contributed by atoms with van der Waals surface area (Å²) in [6.45, 7) is 3.81. The Bertz CT molecular complexity index is 1120. The lowest BCUT2D eigenvalue weighted by atomic mass is 9.85. The molecule has 2 nitrogen and oxygen atoms in total. The molecular weight excluding hydrogens is 495 g/mol. The van der Waals surface area contributed by atoms with Gasteiger partial charge in [0.05, 0.1) is 17.7 Å². The average Bonchev–Trinajstić information content (AvgIpc) is 2.99. The van der Waals surface area contributed by atoms with Crippen molar-refractivity contribution in [2.45, 2.75) is 78.1 Å². The van der Waals surface area contributed by atoms with E-state index in [-0.39, 0.29) is 5.92 Å². The zero-order valence-electron chi connectivity index (χ0n) is 23.9. The van der Waals surface area contributed by atoms with Gasteiger partial charge in [-0.05, 0) is 80.7 Å². The van der Waals surface area contributed by atoms with E-state index in [9.17, 15) is 10.2 Å². The Morgan fingerprint density at radius 2 is 0.974 bits per heavy atom. The first-order valence-electron chi connectivity index (χ1n) is 14.9. The molecule has 1 aliphatic rings. The van der Waals surface area contributed by atoms with Crippen molar-refractivity contribution in [3.05, 3.63) is 114 Å². The number of hydrogen-bond donors (Lipinski definition) is 2. The molecule has 0 spiro atoms. The van der Waals surface area contributed by atoms with E-state index >= 15 is 0 Å². The fraction of sp³-hybridized carbons (Fsp3) is 0.389. The van der Waals surface area contributed by atoms with Crippen LogP contribution in [0.1, 0.15) is 78.1 Å². The van der Waals surface area contributed by atoms with Crippen LogP contribution in [0.2, 0.25) is 0 Å². The molecule has 0 fully saturated rings. The molecule has 0 aromatic heterocycles. The maximum Gasteiger partial charge on any atom is 0.112 e. The van der Waals surface area contributed by atoms with Gasteiger partial charge < -0.3 is 10.2 Å². The van der Waals surface area contributed by atoms with Crippen molar-refractivity contribution in [3.8, 4) is 0 Å². The summed E-state index contributed by atoms with van der Waals surface area (Å²) in [4.78, 5) is 0. The van der Waals surface area contributed by atoms with Crippen molar-refractivity contribution < 1.29 is 10.2 Å². The summed E-state index contributed by atoms with van der Waals surface area (Å²) in [6, 6.07) is 33.6. The van der Waals surface area contributed by atoms with E-state index in [4.69, 9.17) is 0 Å². The molecule has 0 aliphatic heterocycles. The molecule has 0 amide bonds. The Morgan fingerprint density at radius 1 is 0.564 bits per heavy atom. The van der Waals surface area contributed by atoms with Crippen molar-refractivity contribution in [1.29, 1.82) is 0 Å². The first-order chi connectivity index (χ1) is 19.0. The summed E-state index contributed by atoms with van der Waals surface area (Å²) in [7, 11) is -1.70. The topological polar surface area (TPSA) is 40.5 Å². The van der Waals surface area contributed by atoms with Gasteiger partial charge in [0.15, 0.2) is 0 Å². The maximum absolute atomic E-state index is 10.5. The Labute approximate surface area is 236 Å². The molecule has 0 saturated carbocycles. The quantitative estimate of drug-likeness (QED) is 0.158. The average molecular weight is 542 g/mol. The number of benzene rings is 3. The highest BCUT2D eigenvalue weighted by Gasteiger charge is 2.44. The van der Waals surface area contributed by atoms with Gasteiger partial charge in [-0.1, -0.05) is 93.1 Å². The SMILES string of the molecule is CC1=C(O)CC(CCCCCCCCCC[P+](c2ccccc2)(c2ccccc2)c2ccccc2)C(O)=C1C. The minimum atomic E-state index is -1.70. The van der Waals surface area contributed by atoms with E-state index in [2.05, 4.69) is 91.0 Å². The summed E-state index contributed by atoms with van der Waals surface area (Å²) in [5, 5.41) is 25.1. The number of hydrogen-bond acceptors (Lipinski definition) is 2. The third-order valence-electron chi connectivity index (χ3n) is 8.59. The molecule has 0 bridgehead atoms. The van der Waals surface area contributed by atoms with Gasteiger partial charge in [0.1, 0.15) is 23.2 Å². The third-order valence-corrected chi connectivity index (χ3v) is 13.1. The van der Waals surface area contributed by atoms with E-state index in [0.29, 0.717) is 17.9 Å². The fourth-order valence-electron chi connectivity index (χ4n) is 6.12. The molecule has 206 valence electrons. The lowest BCUT2D eigenvalue weighted by Crippen LogP contribution is -2.33. The van der Waals surface area contributed by atoms with E-state index in [1.165, 1.54) is 67.0 Å². The van der Waals surface area contributed by atoms with Crippen LogP contribution < -0.4 is 15.9 Å². The highest BCUT2D eigenvalue weighted by Crippen LogP contribution is 2.56. The van der Waals surface area contributed by atoms with Gasteiger partial charge in [0, 0.05) is 12.3 Å². The van der Waals surface area contributed by atoms with Crippen LogP contribution in [0.25, 0.3) is 0 Å². The van der Waals surface area contributed by atoms with Gasteiger partial charge in [0.2, 0.25) is 0 Å². The van der Waals surface area contributed by atoms with Crippen LogP contribution >= 0.6 is 7.26 Å². The monoisotopic (exact) mass is 541 g/mol. The molecule has 4 rings (SSSR count). The van der Waals surface area contributed by atoms with Gasteiger partial charge >= 0.3 is 0 Å². The predicted octanol–water partition coefficient (Wildman–Crippen LogP) is 9.18. The molecule has 3 heteroatoms. The zero-order chi connectivity index (χ0) is 27.5. The predicted molar refractivity (Wildman–Crippen MR) is 170 cm³/mol. The molecule has 0 saturated heterocycles. The third kappa shape index (κ3) is 7.23. The van der Waals surface area contributed by atoms with Crippen LogP contribution in [0, 0.1) is 5.92 Å². The van der Waals surface area contributed by atoms with Crippen LogP contribution in [0.3, 0.4) is 0 Å². The second-order valence-electron chi connectivity index (χ2n) is 11.1. The van der Waals surface area contributed by atoms with E-state index < -0.39 is 7.26 Å². The summed E-state index contributed by atoms with van der Waals surface area (Å²) in [6.07, 6.45) is 12.7. The number of aliphatic hydroxyl groups is 2. The van der Waals surface area contributed by atoms with Crippen molar-refractivity contribution in [2.24, 2.45) is 5.92 Å². The van der Waals surface area contributed by atoms with Crippen LogP contribution in [-0.2, 0) is 0 Å². The Kier molecular flexibility index (Phi) is 10.9. The normalized spacial score (nSPS) is 16.1. The van der Waals surface area contributed by atoms with Gasteiger partial charge in [-0.25, -0.2) is 0 Å². The molecule has 39 heavy (non-hydrogen) atoms. The van der Waals surface area contributed by atoms with Crippen LogP contribution in [0.4, 0.5) is 0 Å². The molecule has 3 aromatic rings. The fourth-order valence-corrected chi connectivity index (χ4v) is 10.5. The molecule has 3 aromatic carbocycles. The maximum atomic E-state index is 10.5. The number of rotatable bonds is 14. The first kappa shape index (κ1) is 29.2. The number of aliphatic hydroxyl groups excluding tert-OH is 2. The molecule has 1 atom stereocenters. The van der Waals surface area contributed by atoms with E-state index in [0.717, 1.165) is 24.0 Å². The molecular formula is C36H46O2P+. The highest BCUT2D eigenvalue weighted by molar-refractivity contribution is 7.95. The first-order valence-corrected chi connectivity index (χ1v) is 16.8. The Balaban J connectivity index is 1.26. The minimum Gasteiger partial charge on any atom is -0.512 e. The van der Waals surface area contributed by atoms with Gasteiger partial charge in [-0.3, -0.25) is 0 Å². The van der Waals surface area contributed by atoms with Crippen LogP contribution in [0.5, 0.6) is 0 Å². The van der Waals surface area contributed by atoms with Crippen molar-refractivity contribution in [2.75, 3.05) is 6.16 Å². The second kappa shape index (κ2) is 14.5. The number of allylic oxidation sites excluding steroid dienone is 4. The number of unbranched alkanes of at least 4 members (excludes halogenated alkanes) is 7. The lowest BCUT2D eigenvalue weighted by Gasteiger charge is -2.27. The summed E-state index contributed by atoms with van der Waals surface area (Å²) in [5.41, 5.74) is 1.71. The van der Waals surface area contributed by atoms with Crippen LogP contribution in [0.15, 0.2) is 114 Å². The van der Waals surface area contributed by atoms with Crippen molar-refractivity contribution in [3.63, 3.8) is 0 Å². The largest absolute Gasteiger partial charge is 0.512 e. The lowest BCUT2D eigenvalue weighted by molar-refractivity contribution is 0.264. The summed E-state index contributed by atoms with van der Waals surface area (Å²) in [5.74, 6) is 1.04. The van der Waals surface area contributed by atoms with Crippen molar-refractivity contribution in [1.82, 2.24) is 0 Å². The second-order valence-corrected chi connectivity index (χ2v) is 14.8. The Hall–Kier alpha value is -2.83. The molecule has 2 N–H and O–H groups in total. The van der Waals surface area contributed by atoms with Gasteiger partial charge in [-0.15, -0.1) is 0 Å². The van der Waals surface area contributed by atoms with E-state index in [1.54, 1.807) is 0 Å². The van der Waals surface area contributed by atoms with E-state index in [1.807, 2.05) is 13.8 Å². The van der Waals surface area contributed by atoms with Gasteiger partial charge in [-0.2, -0.15) is 0 Å². The van der Waals surface area contributed by atoms with Gasteiger partial charge in [0.25, 0.3) is 0 Å². The summed E-state index contributed by atoms with van der Waals surface area (Å²) >= 11 is 0. The molecule has 0 heterocycles. The summed E-state index contributed by atoms with van der Waals surface area (Å²) < 4.78 is 0. The van der Waals surface area contributed by atoms with Crippen molar-refractivity contribution >= 4 is 23.2 Å². The molecule has 1 unspecified atom stereocenters. The minimum absolute atomic E-state index is 0.0937. The molecule has 1 aliphatic carbocycles. The van der Waals surface area contributed by atoms with Crippen LogP contribution in [-0.4, -0.2) is 16.4 Å². The standard InChI is InChI=1S/C36H45O2P/c1-29-30(2)36(38)31(28-35(29)37)20-12-7-5-3-4-6-8-19-27-39(32-21-13-9-14-22-32,33-23-15-10-16-24-33)34-25-17-11-18-26-34/h9-11,13-18,21-26,31H,3-8,12,19-20,27-28H2,1-2H3,(H-,37,38)/p+1. The zero-order valence-corrected chi connectivity index (χ0v) is 24.8. The Morgan fingerprint density at radius 3 is 1.44 bits per heavy atom. The smallest absolute Gasteiger partial charge is 0.112 e.